The monoisotopic (exact) mass is 764 g/mol. The van der Waals surface area contributed by atoms with Gasteiger partial charge in [-0.2, -0.15) is 0 Å². The Kier molecular flexibility index (Phi) is 6.95. The van der Waals surface area contributed by atoms with Crippen LogP contribution in [-0.2, 0) is 0 Å². The van der Waals surface area contributed by atoms with Crippen LogP contribution in [0.25, 0.3) is 127 Å². The summed E-state index contributed by atoms with van der Waals surface area (Å²) in [6, 6.07) is 68.6. The predicted molar refractivity (Wildman–Crippen MR) is 248 cm³/mol. The highest BCUT2D eigenvalue weighted by Gasteiger charge is 2.25. The van der Waals surface area contributed by atoms with E-state index in [2.05, 4.69) is 187 Å². The van der Waals surface area contributed by atoms with Crippen LogP contribution in [-0.4, -0.2) is 19.5 Å². The highest BCUT2D eigenvalue weighted by molar-refractivity contribution is 6.17. The van der Waals surface area contributed by atoms with E-state index in [1.807, 2.05) is 12.1 Å². The summed E-state index contributed by atoms with van der Waals surface area (Å²) in [5, 5.41) is 13.6. The summed E-state index contributed by atoms with van der Waals surface area (Å²) in [5.41, 5.74) is 7.34. The SMILES string of the molecule is c1ccc2cc(-c3nc(-c4ccc5c(oc6ccccc65)c4-n4c5ccccc5c5cc6ccccc6cc54)nc(-c4cc5ccccc5c5ccccc45)n3)ccc2c1. The second-order valence-electron chi connectivity index (χ2n) is 15.6. The molecule has 0 fully saturated rings. The van der Waals surface area contributed by atoms with Crippen molar-refractivity contribution in [3.8, 4) is 39.9 Å². The van der Waals surface area contributed by atoms with Gasteiger partial charge in [0.1, 0.15) is 11.3 Å². The Morgan fingerprint density at radius 1 is 0.333 bits per heavy atom. The fourth-order valence-corrected chi connectivity index (χ4v) is 9.39. The zero-order valence-electron chi connectivity index (χ0n) is 32.2. The van der Waals surface area contributed by atoms with Gasteiger partial charge in [0.05, 0.1) is 11.0 Å². The molecule has 0 saturated heterocycles. The Hall–Kier alpha value is -8.15. The molecule has 13 rings (SSSR count). The molecule has 278 valence electrons. The van der Waals surface area contributed by atoms with Crippen molar-refractivity contribution in [1.29, 1.82) is 0 Å². The molecule has 3 heterocycles. The number of hydrogen-bond donors (Lipinski definition) is 0. The molecule has 0 atom stereocenters. The van der Waals surface area contributed by atoms with Gasteiger partial charge in [0.2, 0.25) is 0 Å². The van der Waals surface area contributed by atoms with Gasteiger partial charge in [-0.25, -0.2) is 15.0 Å². The molecule has 0 spiro atoms. The van der Waals surface area contributed by atoms with Gasteiger partial charge in [-0.3, -0.25) is 0 Å². The smallest absolute Gasteiger partial charge is 0.166 e. The van der Waals surface area contributed by atoms with E-state index in [1.165, 1.54) is 16.2 Å². The molecule has 0 aliphatic rings. The number of aromatic nitrogens is 4. The fraction of sp³-hybridized carbons (Fsp3) is 0. The number of hydrogen-bond acceptors (Lipinski definition) is 4. The van der Waals surface area contributed by atoms with E-state index in [1.54, 1.807) is 0 Å². The van der Waals surface area contributed by atoms with Crippen molar-refractivity contribution >= 4 is 86.8 Å². The molecule has 10 aromatic carbocycles. The molecule has 0 radical (unpaired) electrons. The fourth-order valence-electron chi connectivity index (χ4n) is 9.39. The maximum atomic E-state index is 6.95. The Labute approximate surface area is 343 Å². The van der Waals surface area contributed by atoms with Gasteiger partial charge >= 0.3 is 0 Å². The van der Waals surface area contributed by atoms with Gasteiger partial charge in [0.25, 0.3) is 0 Å². The first-order valence-corrected chi connectivity index (χ1v) is 20.3. The Morgan fingerprint density at radius 2 is 0.933 bits per heavy atom. The van der Waals surface area contributed by atoms with Gasteiger partial charge in [-0.1, -0.05) is 146 Å². The largest absolute Gasteiger partial charge is 0.454 e. The average molecular weight is 765 g/mol. The van der Waals surface area contributed by atoms with Crippen LogP contribution >= 0.6 is 0 Å². The van der Waals surface area contributed by atoms with Crippen LogP contribution < -0.4 is 0 Å². The van der Waals surface area contributed by atoms with Crippen molar-refractivity contribution in [2.24, 2.45) is 0 Å². The minimum absolute atomic E-state index is 0.560. The predicted octanol–water partition coefficient (Wildman–Crippen LogP) is 14.5. The summed E-state index contributed by atoms with van der Waals surface area (Å²) in [7, 11) is 0. The minimum atomic E-state index is 0.560. The van der Waals surface area contributed by atoms with Crippen LogP contribution in [0.3, 0.4) is 0 Å². The van der Waals surface area contributed by atoms with E-state index in [4.69, 9.17) is 19.4 Å². The second kappa shape index (κ2) is 12.7. The highest BCUT2D eigenvalue weighted by Crippen LogP contribution is 2.44. The lowest BCUT2D eigenvalue weighted by Crippen LogP contribution is -2.04. The molecule has 13 aromatic rings. The number of rotatable bonds is 4. The zero-order valence-corrected chi connectivity index (χ0v) is 32.2. The standard InChI is InChI=1S/C55H32N4O/c1-2-14-34-29-38(26-25-33(34)13-1)53-56-54(58-55(57-53)47-31-37-17-5-6-18-39(37)40-19-7-8-20-41(40)47)45-28-27-44-43-22-10-12-24-50(43)60-52(44)51(45)59-48-23-11-9-21-42(48)46-30-35-15-3-4-16-36(35)32-49(46)59/h1-32H. The number of para-hydroxylation sites is 2. The first-order chi connectivity index (χ1) is 29.7. The maximum absolute atomic E-state index is 6.95. The molecule has 3 aromatic heterocycles. The number of fused-ring (bicyclic) bond motifs is 11. The van der Waals surface area contributed by atoms with Crippen LogP contribution in [0, 0.1) is 0 Å². The van der Waals surface area contributed by atoms with E-state index in [0.29, 0.717) is 17.5 Å². The Bertz CT molecular complexity index is 3910. The van der Waals surface area contributed by atoms with Crippen LogP contribution in [0.5, 0.6) is 0 Å². The van der Waals surface area contributed by atoms with Gasteiger partial charge in [-0.15, -0.1) is 0 Å². The quantitative estimate of drug-likeness (QED) is 0.167. The summed E-state index contributed by atoms with van der Waals surface area (Å²) < 4.78 is 9.31. The Morgan fingerprint density at radius 3 is 1.75 bits per heavy atom. The van der Waals surface area contributed by atoms with Crippen LogP contribution in [0.4, 0.5) is 0 Å². The third-order valence-corrected chi connectivity index (χ3v) is 12.2. The molecule has 0 aliphatic carbocycles. The third-order valence-electron chi connectivity index (χ3n) is 12.2. The normalized spacial score (nSPS) is 12.0. The van der Waals surface area contributed by atoms with Crippen molar-refractivity contribution in [2.75, 3.05) is 0 Å². The summed E-state index contributed by atoms with van der Waals surface area (Å²) in [6.45, 7) is 0. The van der Waals surface area contributed by atoms with E-state index in [9.17, 15) is 0 Å². The van der Waals surface area contributed by atoms with Crippen molar-refractivity contribution in [2.45, 2.75) is 0 Å². The minimum Gasteiger partial charge on any atom is -0.454 e. The van der Waals surface area contributed by atoms with E-state index < -0.39 is 0 Å². The number of benzene rings is 10. The second-order valence-corrected chi connectivity index (χ2v) is 15.6. The molecule has 0 bridgehead atoms. The Balaban J connectivity index is 1.18. The van der Waals surface area contributed by atoms with Gasteiger partial charge in [0.15, 0.2) is 23.1 Å². The zero-order chi connectivity index (χ0) is 39.3. The average Bonchev–Trinajstić information content (AvgIpc) is 3.85. The highest BCUT2D eigenvalue weighted by atomic mass is 16.3. The first-order valence-electron chi connectivity index (χ1n) is 20.3. The van der Waals surface area contributed by atoms with E-state index in [-0.39, 0.29) is 0 Å². The van der Waals surface area contributed by atoms with Gasteiger partial charge in [-0.05, 0) is 91.6 Å². The molecular weight excluding hydrogens is 733 g/mol. The number of furan rings is 1. The maximum Gasteiger partial charge on any atom is 0.166 e. The molecular formula is C55H32N4O. The topological polar surface area (TPSA) is 56.7 Å². The third kappa shape index (κ3) is 4.90. The summed E-state index contributed by atoms with van der Waals surface area (Å²) in [6.07, 6.45) is 0. The molecule has 0 N–H and O–H groups in total. The lowest BCUT2D eigenvalue weighted by atomic mass is 9.96. The van der Waals surface area contributed by atoms with Crippen LogP contribution in [0.1, 0.15) is 0 Å². The number of nitrogens with zero attached hydrogens (tertiary/aromatic N) is 4. The van der Waals surface area contributed by atoms with Crippen molar-refractivity contribution in [3.05, 3.63) is 194 Å². The van der Waals surface area contributed by atoms with Gasteiger partial charge < -0.3 is 8.98 Å². The van der Waals surface area contributed by atoms with Crippen molar-refractivity contribution in [1.82, 2.24) is 19.5 Å². The summed E-state index contributed by atoms with van der Waals surface area (Å²) >= 11 is 0. The van der Waals surface area contributed by atoms with Crippen molar-refractivity contribution < 1.29 is 4.42 Å². The molecule has 0 aliphatic heterocycles. The van der Waals surface area contributed by atoms with Crippen LogP contribution in [0.2, 0.25) is 0 Å². The molecule has 0 amide bonds. The molecule has 60 heavy (non-hydrogen) atoms. The molecule has 5 nitrogen and oxygen atoms in total. The molecule has 0 unspecified atom stereocenters. The van der Waals surface area contributed by atoms with E-state index in [0.717, 1.165) is 93.1 Å². The first kappa shape index (κ1) is 32.9. The molecule has 5 heteroatoms. The van der Waals surface area contributed by atoms with E-state index >= 15 is 0 Å². The lowest BCUT2D eigenvalue weighted by Gasteiger charge is -2.16. The van der Waals surface area contributed by atoms with Gasteiger partial charge in [0, 0.05) is 38.2 Å². The van der Waals surface area contributed by atoms with Crippen LogP contribution in [0.15, 0.2) is 199 Å². The summed E-state index contributed by atoms with van der Waals surface area (Å²) in [4.78, 5) is 16.2. The van der Waals surface area contributed by atoms with Crippen molar-refractivity contribution in [3.63, 3.8) is 0 Å². The lowest BCUT2D eigenvalue weighted by molar-refractivity contribution is 0.666. The summed E-state index contributed by atoms with van der Waals surface area (Å²) in [5.74, 6) is 1.76. The molecule has 0 saturated carbocycles.